The van der Waals surface area contributed by atoms with Gasteiger partial charge in [-0.1, -0.05) is 30.3 Å². The van der Waals surface area contributed by atoms with E-state index in [4.69, 9.17) is 4.74 Å². The summed E-state index contributed by atoms with van der Waals surface area (Å²) in [6, 6.07) is 11.8. The van der Waals surface area contributed by atoms with Gasteiger partial charge < -0.3 is 4.74 Å². The fraction of sp³-hybridized carbons (Fsp3) is 0.200. The van der Waals surface area contributed by atoms with E-state index < -0.39 is 5.97 Å². The normalized spacial score (nSPS) is 12.5. The summed E-state index contributed by atoms with van der Waals surface area (Å²) in [5.74, 6) is -0.436. The number of aromatic nitrogens is 1. The van der Waals surface area contributed by atoms with Gasteiger partial charge in [-0.05, 0) is 42.5 Å². The summed E-state index contributed by atoms with van der Waals surface area (Å²) in [5, 5.41) is 2.00. The Hall–Kier alpha value is -2.44. The van der Waals surface area contributed by atoms with Crippen molar-refractivity contribution >= 4 is 40.8 Å². The Balaban J connectivity index is 2.14. The molecule has 0 atom stereocenters. The molecular weight excluding hydrogens is 366 g/mol. The molecule has 0 aliphatic carbocycles. The van der Waals surface area contributed by atoms with Crippen molar-refractivity contribution in [1.82, 2.24) is 4.57 Å². The molecule has 0 bridgehead atoms. The van der Waals surface area contributed by atoms with Crippen LogP contribution < -0.4 is 14.8 Å². The van der Waals surface area contributed by atoms with E-state index in [1.807, 2.05) is 54.8 Å². The summed E-state index contributed by atoms with van der Waals surface area (Å²) in [5.41, 5.74) is 2.04. The molecule has 26 heavy (non-hydrogen) atoms. The molecule has 134 valence electrons. The van der Waals surface area contributed by atoms with Crippen molar-refractivity contribution in [2.24, 2.45) is 0 Å². The molecule has 3 rings (SSSR count). The number of ether oxygens (including phenoxy) is 1. The Morgan fingerprint density at radius 1 is 1.23 bits per heavy atom. The van der Waals surface area contributed by atoms with Crippen LogP contribution in [-0.4, -0.2) is 17.1 Å². The number of benzene rings is 1. The van der Waals surface area contributed by atoms with Gasteiger partial charge in [-0.3, -0.25) is 9.36 Å². The first kappa shape index (κ1) is 18.4. The maximum Gasteiger partial charge on any atom is 0.333 e. The highest BCUT2D eigenvalue weighted by atomic mass is 32.1. The number of carbonyl (C=O) groups is 1. The van der Waals surface area contributed by atoms with Crippen molar-refractivity contribution in [3.05, 3.63) is 77.3 Å². The summed E-state index contributed by atoms with van der Waals surface area (Å²) in [7, 11) is 0. The van der Waals surface area contributed by atoms with Crippen LogP contribution in [0.15, 0.2) is 46.6 Å². The number of nitrogens with zero attached hydrogens (tertiary/aromatic N) is 1. The quantitative estimate of drug-likeness (QED) is 0.634. The lowest BCUT2D eigenvalue weighted by Gasteiger charge is -2.02. The van der Waals surface area contributed by atoms with Crippen molar-refractivity contribution in [2.45, 2.75) is 20.4 Å². The molecule has 2 heterocycles. The van der Waals surface area contributed by atoms with Gasteiger partial charge in [0.1, 0.15) is 4.66 Å². The predicted octanol–water partition coefficient (Wildman–Crippen LogP) is 2.50. The van der Waals surface area contributed by atoms with Crippen molar-refractivity contribution < 1.29 is 9.53 Å². The molecule has 0 aliphatic heterocycles. The molecule has 2 aromatic heterocycles. The summed E-state index contributed by atoms with van der Waals surface area (Å²) in [6.45, 7) is 4.50. The number of thiazole rings is 1. The molecular formula is C20H19NO3S2. The van der Waals surface area contributed by atoms with Crippen LogP contribution in [0.5, 0.6) is 0 Å². The zero-order chi connectivity index (χ0) is 18.5. The molecule has 0 aliphatic rings. The van der Waals surface area contributed by atoms with E-state index in [1.165, 1.54) is 17.4 Å². The Morgan fingerprint density at radius 2 is 2.00 bits per heavy atom. The van der Waals surface area contributed by atoms with Gasteiger partial charge in [-0.2, -0.15) is 0 Å². The largest absolute Gasteiger partial charge is 0.463 e. The van der Waals surface area contributed by atoms with Gasteiger partial charge in [-0.15, -0.1) is 22.7 Å². The van der Waals surface area contributed by atoms with E-state index >= 15 is 0 Å². The SMILES string of the molecule is CCOC(=O)/C=c1\s/c(=C\c2sccc2C)c(=O)n1Cc1ccccc1. The van der Waals surface area contributed by atoms with Crippen LogP contribution in [-0.2, 0) is 16.1 Å². The molecule has 0 amide bonds. The van der Waals surface area contributed by atoms with Crippen LogP contribution in [0.3, 0.4) is 0 Å². The van der Waals surface area contributed by atoms with Crippen molar-refractivity contribution in [2.75, 3.05) is 6.61 Å². The predicted molar refractivity (Wildman–Crippen MR) is 107 cm³/mol. The molecule has 0 fully saturated rings. The molecule has 1 aromatic carbocycles. The average Bonchev–Trinajstić information content (AvgIpc) is 3.15. The van der Waals surface area contributed by atoms with Crippen molar-refractivity contribution in [3.8, 4) is 0 Å². The van der Waals surface area contributed by atoms with Gasteiger partial charge in [0.05, 0.1) is 23.8 Å². The highest BCUT2D eigenvalue weighted by molar-refractivity contribution is 7.11. The molecule has 0 saturated heterocycles. The summed E-state index contributed by atoms with van der Waals surface area (Å²) < 4.78 is 7.85. The van der Waals surface area contributed by atoms with Gasteiger partial charge in [0.25, 0.3) is 5.56 Å². The molecule has 0 saturated carbocycles. The fourth-order valence-corrected chi connectivity index (χ4v) is 4.44. The minimum Gasteiger partial charge on any atom is -0.463 e. The van der Waals surface area contributed by atoms with Gasteiger partial charge in [0.15, 0.2) is 0 Å². The number of thiophene rings is 1. The van der Waals surface area contributed by atoms with Crippen LogP contribution in [0.2, 0.25) is 0 Å². The lowest BCUT2D eigenvalue weighted by molar-refractivity contribution is -0.135. The monoisotopic (exact) mass is 385 g/mol. The third-order valence-electron chi connectivity index (χ3n) is 3.81. The maximum atomic E-state index is 12.9. The molecule has 4 nitrogen and oxygen atoms in total. The van der Waals surface area contributed by atoms with Gasteiger partial charge in [0, 0.05) is 4.88 Å². The molecule has 0 radical (unpaired) electrons. The van der Waals surface area contributed by atoms with Crippen molar-refractivity contribution in [1.29, 1.82) is 0 Å². The van der Waals surface area contributed by atoms with E-state index in [0.717, 1.165) is 16.0 Å². The third kappa shape index (κ3) is 4.20. The maximum absolute atomic E-state index is 12.9. The van der Waals surface area contributed by atoms with Gasteiger partial charge >= 0.3 is 5.97 Å². The molecule has 3 aromatic rings. The Bertz CT molecular complexity index is 1070. The number of esters is 1. The first-order valence-electron chi connectivity index (χ1n) is 8.26. The highest BCUT2D eigenvalue weighted by Gasteiger charge is 2.08. The van der Waals surface area contributed by atoms with E-state index in [2.05, 4.69) is 0 Å². The second kappa shape index (κ2) is 8.29. The number of hydrogen-bond acceptors (Lipinski definition) is 5. The van der Waals surface area contributed by atoms with Gasteiger partial charge in [-0.25, -0.2) is 4.79 Å². The second-order valence-corrected chi connectivity index (χ2v) is 7.70. The zero-order valence-corrected chi connectivity index (χ0v) is 16.2. The van der Waals surface area contributed by atoms with Crippen LogP contribution in [0, 0.1) is 6.92 Å². The molecule has 0 spiro atoms. The van der Waals surface area contributed by atoms with E-state index in [9.17, 15) is 9.59 Å². The third-order valence-corrected chi connectivity index (χ3v) is 5.84. The number of aryl methyl sites for hydroxylation is 1. The lowest BCUT2D eigenvalue weighted by Crippen LogP contribution is -2.32. The molecule has 0 unspecified atom stereocenters. The smallest absolute Gasteiger partial charge is 0.333 e. The number of rotatable bonds is 5. The highest BCUT2D eigenvalue weighted by Crippen LogP contribution is 2.15. The minimum atomic E-state index is -0.436. The molecule has 6 heteroatoms. The van der Waals surface area contributed by atoms with Gasteiger partial charge in [0.2, 0.25) is 0 Å². The topological polar surface area (TPSA) is 48.3 Å². The second-order valence-electron chi connectivity index (χ2n) is 5.69. The minimum absolute atomic E-state index is 0.0952. The first-order chi connectivity index (χ1) is 12.6. The standard InChI is InChI=1S/C20H19NO3S2/c1-3-24-19(22)12-18-21(13-15-7-5-4-6-8-15)20(23)17(26-18)11-16-14(2)9-10-25-16/h4-12H,3,13H2,1-2H3/b17-11-,18-12-. The number of carbonyl (C=O) groups excluding carboxylic acids is 1. The van der Waals surface area contributed by atoms with E-state index in [0.29, 0.717) is 22.3 Å². The van der Waals surface area contributed by atoms with Crippen LogP contribution in [0.4, 0.5) is 0 Å². The average molecular weight is 386 g/mol. The van der Waals surface area contributed by atoms with Crippen LogP contribution >= 0.6 is 22.7 Å². The Labute approximate surface area is 159 Å². The summed E-state index contributed by atoms with van der Waals surface area (Å²) in [6.07, 6.45) is 3.30. The lowest BCUT2D eigenvalue weighted by atomic mass is 10.2. The first-order valence-corrected chi connectivity index (χ1v) is 9.96. The fourth-order valence-electron chi connectivity index (χ4n) is 2.49. The summed E-state index contributed by atoms with van der Waals surface area (Å²) in [4.78, 5) is 25.9. The van der Waals surface area contributed by atoms with Crippen LogP contribution in [0.1, 0.15) is 22.9 Å². The Morgan fingerprint density at radius 3 is 2.65 bits per heavy atom. The number of hydrogen-bond donors (Lipinski definition) is 0. The Kier molecular flexibility index (Phi) is 5.85. The zero-order valence-electron chi connectivity index (χ0n) is 14.6. The van der Waals surface area contributed by atoms with Crippen LogP contribution in [0.25, 0.3) is 12.2 Å². The van der Waals surface area contributed by atoms with E-state index in [-0.39, 0.29) is 5.56 Å². The molecule has 0 N–H and O–H groups in total. The van der Waals surface area contributed by atoms with E-state index in [1.54, 1.807) is 22.8 Å². The van der Waals surface area contributed by atoms with Crippen molar-refractivity contribution in [3.63, 3.8) is 0 Å². The summed E-state index contributed by atoms with van der Waals surface area (Å²) >= 11 is 2.91.